The van der Waals surface area contributed by atoms with Crippen LogP contribution in [0.25, 0.3) is 0 Å². The summed E-state index contributed by atoms with van der Waals surface area (Å²) in [7, 11) is 0. The summed E-state index contributed by atoms with van der Waals surface area (Å²) in [5.74, 6) is -0.572. The molecule has 1 aromatic heterocycles. The second kappa shape index (κ2) is 7.13. The SMILES string of the molecule is Cc1[nH]c(=O)[nH]c(=O)c1CC(=O)N/N=C\c1cccc([N+](=O)[O-])c1. The zero-order chi connectivity index (χ0) is 17.7. The van der Waals surface area contributed by atoms with Crippen molar-refractivity contribution < 1.29 is 9.72 Å². The first-order valence-electron chi connectivity index (χ1n) is 6.75. The molecule has 0 fully saturated rings. The number of H-pyrrole nitrogens is 2. The van der Waals surface area contributed by atoms with Crippen molar-refractivity contribution in [2.45, 2.75) is 13.3 Å². The summed E-state index contributed by atoms with van der Waals surface area (Å²) >= 11 is 0. The van der Waals surface area contributed by atoms with Crippen molar-refractivity contribution in [2.24, 2.45) is 5.10 Å². The smallest absolute Gasteiger partial charge is 0.311 e. The molecule has 0 saturated heterocycles. The molecule has 0 atom stereocenters. The summed E-state index contributed by atoms with van der Waals surface area (Å²) in [6.07, 6.45) is 0.971. The fraction of sp³-hybridized carbons (Fsp3) is 0.143. The van der Waals surface area contributed by atoms with Gasteiger partial charge in [0.25, 0.3) is 11.2 Å². The standard InChI is InChI=1S/C14H13N5O5/c1-8-11(13(21)17-14(22)16-8)6-12(20)18-15-7-9-3-2-4-10(5-9)19(23)24/h2-5,7H,6H2,1H3,(H,18,20)(H2,16,17,21,22)/b15-7-. The van der Waals surface area contributed by atoms with E-state index in [0.29, 0.717) is 11.3 Å². The van der Waals surface area contributed by atoms with E-state index in [9.17, 15) is 24.5 Å². The van der Waals surface area contributed by atoms with Crippen molar-refractivity contribution in [3.8, 4) is 0 Å². The van der Waals surface area contributed by atoms with Crippen molar-refractivity contribution in [1.29, 1.82) is 0 Å². The van der Waals surface area contributed by atoms with Crippen LogP contribution in [-0.2, 0) is 11.2 Å². The predicted molar refractivity (Wildman–Crippen MR) is 85.0 cm³/mol. The highest BCUT2D eigenvalue weighted by atomic mass is 16.6. The van der Waals surface area contributed by atoms with Crippen LogP contribution in [0.4, 0.5) is 5.69 Å². The molecular formula is C14H13N5O5. The maximum absolute atomic E-state index is 11.8. The van der Waals surface area contributed by atoms with E-state index in [-0.39, 0.29) is 17.7 Å². The van der Waals surface area contributed by atoms with E-state index in [1.807, 2.05) is 4.98 Å². The first-order chi connectivity index (χ1) is 11.4. The van der Waals surface area contributed by atoms with E-state index < -0.39 is 22.1 Å². The summed E-state index contributed by atoms with van der Waals surface area (Å²) in [5.41, 5.74) is 1.67. The number of amides is 1. The summed E-state index contributed by atoms with van der Waals surface area (Å²) in [5, 5.41) is 14.3. The molecule has 0 unspecified atom stereocenters. The number of nitrogens with zero attached hydrogens (tertiary/aromatic N) is 2. The van der Waals surface area contributed by atoms with Gasteiger partial charge in [-0.3, -0.25) is 24.7 Å². The van der Waals surface area contributed by atoms with Gasteiger partial charge in [-0.05, 0) is 6.92 Å². The van der Waals surface area contributed by atoms with E-state index in [1.54, 1.807) is 6.07 Å². The van der Waals surface area contributed by atoms with E-state index in [1.165, 1.54) is 31.3 Å². The molecule has 0 radical (unpaired) electrons. The van der Waals surface area contributed by atoms with E-state index >= 15 is 0 Å². The molecule has 0 aliphatic rings. The van der Waals surface area contributed by atoms with Crippen LogP contribution in [-0.4, -0.2) is 27.0 Å². The average Bonchev–Trinajstić information content (AvgIpc) is 2.51. The number of nitro groups is 1. The highest BCUT2D eigenvalue weighted by Gasteiger charge is 2.10. The fourth-order valence-corrected chi connectivity index (χ4v) is 1.94. The zero-order valence-electron chi connectivity index (χ0n) is 12.5. The third-order valence-corrected chi connectivity index (χ3v) is 3.08. The lowest BCUT2D eigenvalue weighted by atomic mass is 10.1. The molecule has 2 aromatic rings. The number of nitrogens with one attached hydrogen (secondary N) is 3. The molecular weight excluding hydrogens is 318 g/mol. The minimum atomic E-state index is -0.648. The first-order valence-corrected chi connectivity index (χ1v) is 6.75. The summed E-state index contributed by atoms with van der Waals surface area (Å²) < 4.78 is 0. The van der Waals surface area contributed by atoms with Crippen LogP contribution < -0.4 is 16.7 Å². The summed E-state index contributed by atoms with van der Waals surface area (Å²) in [6.45, 7) is 1.51. The zero-order valence-corrected chi connectivity index (χ0v) is 12.5. The lowest BCUT2D eigenvalue weighted by molar-refractivity contribution is -0.384. The number of hydrogen-bond donors (Lipinski definition) is 3. The largest absolute Gasteiger partial charge is 0.325 e. The van der Waals surface area contributed by atoms with Crippen LogP contribution in [0.5, 0.6) is 0 Å². The molecule has 3 N–H and O–H groups in total. The van der Waals surface area contributed by atoms with Gasteiger partial charge in [-0.25, -0.2) is 10.2 Å². The Labute approximate surface area is 134 Å². The maximum atomic E-state index is 11.8. The van der Waals surface area contributed by atoms with Crippen molar-refractivity contribution in [3.05, 3.63) is 72.0 Å². The van der Waals surface area contributed by atoms with Gasteiger partial charge in [-0.1, -0.05) is 12.1 Å². The molecule has 1 heterocycles. The number of rotatable bonds is 5. The van der Waals surface area contributed by atoms with Gasteiger partial charge >= 0.3 is 5.69 Å². The number of benzene rings is 1. The lowest BCUT2D eigenvalue weighted by Crippen LogP contribution is -2.30. The van der Waals surface area contributed by atoms with Crippen molar-refractivity contribution in [2.75, 3.05) is 0 Å². The molecule has 0 bridgehead atoms. The number of hydrazone groups is 1. The molecule has 2 rings (SSSR count). The minimum absolute atomic E-state index is 0.0966. The lowest BCUT2D eigenvalue weighted by Gasteiger charge is -2.02. The van der Waals surface area contributed by atoms with Gasteiger partial charge in [0, 0.05) is 29.0 Å². The molecule has 24 heavy (non-hydrogen) atoms. The highest BCUT2D eigenvalue weighted by molar-refractivity contribution is 5.83. The Morgan fingerprint density at radius 3 is 2.79 bits per heavy atom. The van der Waals surface area contributed by atoms with Gasteiger partial charge in [0.15, 0.2) is 0 Å². The second-order valence-electron chi connectivity index (χ2n) is 4.83. The van der Waals surface area contributed by atoms with Crippen LogP contribution in [0.1, 0.15) is 16.8 Å². The van der Waals surface area contributed by atoms with E-state index in [4.69, 9.17) is 0 Å². The normalized spacial score (nSPS) is 10.7. The Bertz CT molecular complexity index is 928. The Morgan fingerprint density at radius 1 is 1.38 bits per heavy atom. The predicted octanol–water partition coefficient (Wildman–Crippen LogP) is -0.0274. The molecule has 0 saturated carbocycles. The molecule has 10 heteroatoms. The molecule has 10 nitrogen and oxygen atoms in total. The fourth-order valence-electron chi connectivity index (χ4n) is 1.94. The third kappa shape index (κ3) is 4.22. The number of aromatic amines is 2. The molecule has 1 amide bonds. The Morgan fingerprint density at radius 2 is 2.12 bits per heavy atom. The van der Waals surface area contributed by atoms with Gasteiger partial charge in [0.05, 0.1) is 17.6 Å². The summed E-state index contributed by atoms with van der Waals surface area (Å²) in [4.78, 5) is 49.0. The quantitative estimate of drug-likeness (QED) is 0.399. The van der Waals surface area contributed by atoms with Gasteiger partial charge in [0.2, 0.25) is 5.91 Å². The number of aromatic nitrogens is 2. The first kappa shape index (κ1) is 16.8. The van der Waals surface area contributed by atoms with Gasteiger partial charge < -0.3 is 4.98 Å². The third-order valence-electron chi connectivity index (χ3n) is 3.08. The maximum Gasteiger partial charge on any atom is 0.325 e. The van der Waals surface area contributed by atoms with Crippen molar-refractivity contribution in [3.63, 3.8) is 0 Å². The average molecular weight is 331 g/mol. The molecule has 124 valence electrons. The van der Waals surface area contributed by atoms with Gasteiger partial charge in [-0.15, -0.1) is 0 Å². The molecule has 0 aliphatic carbocycles. The van der Waals surface area contributed by atoms with Crippen LogP contribution in [0.3, 0.4) is 0 Å². The number of carbonyl (C=O) groups excluding carboxylic acids is 1. The van der Waals surface area contributed by atoms with Crippen LogP contribution in [0.15, 0.2) is 39.0 Å². The topological polar surface area (TPSA) is 150 Å². The highest BCUT2D eigenvalue weighted by Crippen LogP contribution is 2.11. The number of hydrogen-bond acceptors (Lipinski definition) is 6. The van der Waals surface area contributed by atoms with Crippen LogP contribution in [0.2, 0.25) is 0 Å². The number of aryl methyl sites for hydroxylation is 1. The molecule has 0 aliphatic heterocycles. The van der Waals surface area contributed by atoms with Gasteiger partial charge in [0.1, 0.15) is 0 Å². The monoisotopic (exact) mass is 331 g/mol. The summed E-state index contributed by atoms with van der Waals surface area (Å²) in [6, 6.07) is 5.71. The van der Waals surface area contributed by atoms with Crippen molar-refractivity contribution in [1.82, 2.24) is 15.4 Å². The van der Waals surface area contributed by atoms with Crippen LogP contribution >= 0.6 is 0 Å². The van der Waals surface area contributed by atoms with E-state index in [0.717, 1.165) is 0 Å². The van der Waals surface area contributed by atoms with Gasteiger partial charge in [-0.2, -0.15) is 5.10 Å². The van der Waals surface area contributed by atoms with Crippen LogP contribution in [0, 0.1) is 17.0 Å². The Hall–Kier alpha value is -3.56. The Balaban J connectivity index is 2.04. The van der Waals surface area contributed by atoms with E-state index in [2.05, 4.69) is 15.5 Å². The molecule has 1 aromatic carbocycles. The minimum Gasteiger partial charge on any atom is -0.311 e. The second-order valence-corrected chi connectivity index (χ2v) is 4.83. The number of carbonyl (C=O) groups is 1. The molecule has 0 spiro atoms. The Kier molecular flexibility index (Phi) is 5.00. The van der Waals surface area contributed by atoms with Crippen molar-refractivity contribution >= 4 is 17.8 Å². The number of non-ortho nitro benzene ring substituents is 1. The number of nitro benzene ring substituents is 1.